The second-order valence-electron chi connectivity index (χ2n) is 9.42. The molecule has 0 atom stereocenters. The van der Waals surface area contributed by atoms with E-state index in [0.29, 0.717) is 16.7 Å². The minimum atomic E-state index is -0.387. The lowest BCUT2D eigenvalue weighted by Crippen LogP contribution is -2.29. The number of nitrogens with one attached hydrogen (secondary N) is 2. The van der Waals surface area contributed by atoms with Crippen molar-refractivity contribution in [3.05, 3.63) is 99.6 Å². The molecule has 0 aliphatic carbocycles. The minimum Gasteiger partial charge on any atom is -0.348 e. The quantitative estimate of drug-likeness (QED) is 0.509. The first-order chi connectivity index (χ1) is 17.8. The summed E-state index contributed by atoms with van der Waals surface area (Å²) in [4.78, 5) is 53.8. The first-order valence-corrected chi connectivity index (χ1v) is 12.3. The maximum absolute atomic E-state index is 12.9. The van der Waals surface area contributed by atoms with Crippen LogP contribution in [-0.2, 0) is 19.5 Å². The molecule has 0 unspecified atom stereocenters. The summed E-state index contributed by atoms with van der Waals surface area (Å²) in [5.74, 6) is -1.32. The van der Waals surface area contributed by atoms with Crippen molar-refractivity contribution in [2.75, 3.05) is 25.5 Å². The number of imide groups is 1. The molecule has 0 spiro atoms. The van der Waals surface area contributed by atoms with Crippen LogP contribution in [0.25, 0.3) is 0 Å². The summed E-state index contributed by atoms with van der Waals surface area (Å²) in [5.41, 5.74) is 5.40. The van der Waals surface area contributed by atoms with E-state index in [1.165, 1.54) is 23.3 Å². The van der Waals surface area contributed by atoms with E-state index in [2.05, 4.69) is 28.6 Å². The number of carbonyl (C=O) groups excluding carboxylic acids is 4. The van der Waals surface area contributed by atoms with Crippen molar-refractivity contribution in [1.29, 1.82) is 0 Å². The van der Waals surface area contributed by atoms with Gasteiger partial charge in [0.15, 0.2) is 0 Å². The van der Waals surface area contributed by atoms with E-state index in [4.69, 9.17) is 0 Å². The molecule has 4 amide bonds. The van der Waals surface area contributed by atoms with Crippen molar-refractivity contribution in [1.82, 2.24) is 15.1 Å². The molecule has 3 aromatic rings. The Morgan fingerprint density at radius 3 is 2.46 bits per heavy atom. The standard InChI is InChI=1S/C29H28N4O4/c1-3-33-28(36)24-10-8-21(15-25(24)29(33)37)26(34)30-16-18-5-4-6-20(13-18)27(35)31-23-9-7-19-11-12-32(2)17-22(19)14-23/h4-10,13-15H,3,11-12,16-17H2,1-2H3,(H,30,34)(H,31,35). The monoisotopic (exact) mass is 496 g/mol. The maximum Gasteiger partial charge on any atom is 0.261 e. The van der Waals surface area contributed by atoms with Crippen molar-refractivity contribution in [3.8, 4) is 0 Å². The SMILES string of the molecule is CCN1C(=O)c2ccc(C(=O)NCc3cccc(C(=O)Nc4ccc5c(c4)CN(C)CC5)c3)cc2C1=O. The van der Waals surface area contributed by atoms with Gasteiger partial charge in [0, 0.05) is 43.0 Å². The van der Waals surface area contributed by atoms with E-state index in [0.717, 1.165) is 35.7 Å². The Hall–Kier alpha value is -4.30. The Bertz CT molecular complexity index is 1430. The Kier molecular flexibility index (Phi) is 6.58. The summed E-state index contributed by atoms with van der Waals surface area (Å²) in [7, 11) is 2.09. The number of fused-ring (bicyclic) bond motifs is 2. The van der Waals surface area contributed by atoms with E-state index in [9.17, 15) is 19.2 Å². The smallest absolute Gasteiger partial charge is 0.261 e. The van der Waals surface area contributed by atoms with Crippen LogP contribution in [0.5, 0.6) is 0 Å². The van der Waals surface area contributed by atoms with Gasteiger partial charge in [0.1, 0.15) is 0 Å². The molecule has 3 aromatic carbocycles. The second-order valence-corrected chi connectivity index (χ2v) is 9.42. The number of rotatable bonds is 6. The molecule has 37 heavy (non-hydrogen) atoms. The fourth-order valence-electron chi connectivity index (χ4n) is 4.81. The highest BCUT2D eigenvalue weighted by atomic mass is 16.2. The van der Waals surface area contributed by atoms with Gasteiger partial charge < -0.3 is 15.5 Å². The highest BCUT2D eigenvalue weighted by molar-refractivity contribution is 6.22. The van der Waals surface area contributed by atoms with Crippen LogP contribution >= 0.6 is 0 Å². The van der Waals surface area contributed by atoms with E-state index in [1.807, 2.05) is 18.2 Å². The van der Waals surface area contributed by atoms with E-state index in [-0.39, 0.29) is 42.3 Å². The van der Waals surface area contributed by atoms with Gasteiger partial charge in [0.25, 0.3) is 23.6 Å². The summed E-state index contributed by atoms with van der Waals surface area (Å²) in [6.45, 7) is 4.11. The fraction of sp³-hybridized carbons (Fsp3) is 0.241. The molecule has 0 saturated heterocycles. The van der Waals surface area contributed by atoms with Gasteiger partial charge in [-0.1, -0.05) is 18.2 Å². The van der Waals surface area contributed by atoms with Crippen LogP contribution in [0.4, 0.5) is 5.69 Å². The molecule has 188 valence electrons. The average Bonchev–Trinajstić information content (AvgIpc) is 3.15. The van der Waals surface area contributed by atoms with Crippen molar-refractivity contribution >= 4 is 29.3 Å². The molecule has 2 aliphatic heterocycles. The third-order valence-electron chi connectivity index (χ3n) is 6.86. The normalized spacial score (nSPS) is 14.8. The number of hydrogen-bond acceptors (Lipinski definition) is 5. The molecular weight excluding hydrogens is 468 g/mol. The van der Waals surface area contributed by atoms with Crippen LogP contribution in [0.2, 0.25) is 0 Å². The zero-order valence-corrected chi connectivity index (χ0v) is 20.8. The Morgan fingerprint density at radius 2 is 1.65 bits per heavy atom. The Balaban J connectivity index is 1.23. The third kappa shape index (κ3) is 4.88. The lowest BCUT2D eigenvalue weighted by molar-refractivity contribution is 0.0662. The van der Waals surface area contributed by atoms with Crippen LogP contribution in [0, 0.1) is 0 Å². The molecule has 8 nitrogen and oxygen atoms in total. The predicted molar refractivity (Wildman–Crippen MR) is 140 cm³/mol. The van der Waals surface area contributed by atoms with Crippen molar-refractivity contribution in [3.63, 3.8) is 0 Å². The topological polar surface area (TPSA) is 98.8 Å². The second kappa shape index (κ2) is 9.99. The van der Waals surface area contributed by atoms with Gasteiger partial charge in [-0.3, -0.25) is 24.1 Å². The first-order valence-electron chi connectivity index (χ1n) is 12.3. The lowest BCUT2D eigenvalue weighted by Gasteiger charge is -2.25. The first kappa shape index (κ1) is 24.4. The van der Waals surface area contributed by atoms with Crippen molar-refractivity contribution in [2.45, 2.75) is 26.4 Å². The summed E-state index contributed by atoms with van der Waals surface area (Å²) in [6, 6.07) is 17.6. The number of hydrogen-bond donors (Lipinski definition) is 2. The summed E-state index contributed by atoms with van der Waals surface area (Å²) in [6.07, 6.45) is 1.00. The molecule has 2 heterocycles. The predicted octanol–water partition coefficient (Wildman–Crippen LogP) is 3.47. The van der Waals surface area contributed by atoms with Crippen LogP contribution in [-0.4, -0.2) is 53.6 Å². The zero-order chi connectivity index (χ0) is 26.1. The summed E-state index contributed by atoms with van der Waals surface area (Å²) in [5, 5.41) is 5.80. The molecular formula is C29H28N4O4. The average molecular weight is 497 g/mol. The molecule has 0 fully saturated rings. The van der Waals surface area contributed by atoms with Gasteiger partial charge in [-0.05, 0) is 79.5 Å². The molecule has 2 N–H and O–H groups in total. The summed E-state index contributed by atoms with van der Waals surface area (Å²) >= 11 is 0. The van der Waals surface area contributed by atoms with Gasteiger partial charge in [-0.2, -0.15) is 0 Å². The number of likely N-dealkylation sites (N-methyl/N-ethyl adjacent to an activating group) is 1. The van der Waals surface area contributed by atoms with Gasteiger partial charge in [0.2, 0.25) is 0 Å². The van der Waals surface area contributed by atoms with Gasteiger partial charge in [-0.15, -0.1) is 0 Å². The van der Waals surface area contributed by atoms with E-state index in [1.54, 1.807) is 31.2 Å². The molecule has 5 rings (SSSR count). The highest BCUT2D eigenvalue weighted by Gasteiger charge is 2.34. The zero-order valence-electron chi connectivity index (χ0n) is 20.8. The molecule has 2 aliphatic rings. The van der Waals surface area contributed by atoms with Crippen LogP contribution in [0.15, 0.2) is 60.7 Å². The van der Waals surface area contributed by atoms with Crippen LogP contribution in [0.3, 0.4) is 0 Å². The number of anilines is 1. The van der Waals surface area contributed by atoms with Crippen LogP contribution < -0.4 is 10.6 Å². The molecule has 0 bridgehead atoms. The van der Waals surface area contributed by atoms with E-state index >= 15 is 0 Å². The third-order valence-corrected chi connectivity index (χ3v) is 6.86. The largest absolute Gasteiger partial charge is 0.348 e. The summed E-state index contributed by atoms with van der Waals surface area (Å²) < 4.78 is 0. The lowest BCUT2D eigenvalue weighted by atomic mass is 9.99. The van der Waals surface area contributed by atoms with Crippen molar-refractivity contribution in [2.24, 2.45) is 0 Å². The van der Waals surface area contributed by atoms with E-state index < -0.39 is 0 Å². The van der Waals surface area contributed by atoms with Crippen LogP contribution in [0.1, 0.15) is 65.0 Å². The fourth-order valence-corrected chi connectivity index (χ4v) is 4.81. The van der Waals surface area contributed by atoms with Gasteiger partial charge in [0.05, 0.1) is 11.1 Å². The Morgan fingerprint density at radius 1 is 0.865 bits per heavy atom. The highest BCUT2D eigenvalue weighted by Crippen LogP contribution is 2.24. The number of benzene rings is 3. The number of amides is 4. The Labute approximate surface area is 215 Å². The van der Waals surface area contributed by atoms with Gasteiger partial charge in [-0.25, -0.2) is 0 Å². The van der Waals surface area contributed by atoms with Crippen molar-refractivity contribution < 1.29 is 19.2 Å². The minimum absolute atomic E-state index is 0.205. The molecule has 0 radical (unpaired) electrons. The maximum atomic E-state index is 12.9. The molecule has 0 aromatic heterocycles. The molecule has 0 saturated carbocycles. The van der Waals surface area contributed by atoms with Gasteiger partial charge >= 0.3 is 0 Å². The number of carbonyl (C=O) groups is 4. The number of nitrogens with zero attached hydrogens (tertiary/aromatic N) is 2. The molecule has 8 heteroatoms.